The quantitative estimate of drug-likeness (QED) is 0.679. The monoisotopic (exact) mass is 424 g/mol. The Morgan fingerprint density at radius 2 is 2.07 bits per heavy atom. The van der Waals surface area contributed by atoms with Crippen LogP contribution in [0.3, 0.4) is 0 Å². The summed E-state index contributed by atoms with van der Waals surface area (Å²) in [6.07, 6.45) is 8.25. The van der Waals surface area contributed by atoms with Crippen LogP contribution < -0.4 is 0 Å². The number of thiophene rings is 1. The molecule has 2 aliphatic rings. The van der Waals surface area contributed by atoms with E-state index in [-0.39, 0.29) is 5.91 Å². The van der Waals surface area contributed by atoms with Crippen LogP contribution in [0.1, 0.15) is 40.3 Å². The molecule has 0 bridgehead atoms. The zero-order valence-corrected chi connectivity index (χ0v) is 18.0. The van der Waals surface area contributed by atoms with E-state index in [1.54, 1.807) is 11.3 Å². The predicted octanol–water partition coefficient (Wildman–Crippen LogP) is 3.69. The van der Waals surface area contributed by atoms with Crippen molar-refractivity contribution in [3.63, 3.8) is 0 Å². The van der Waals surface area contributed by atoms with Gasteiger partial charge >= 0.3 is 0 Å². The van der Waals surface area contributed by atoms with Crippen molar-refractivity contribution in [2.45, 2.75) is 38.3 Å². The topological polar surface area (TPSA) is 61.5 Å². The second kappa shape index (κ2) is 8.88. The number of amides is 1. The Balaban J connectivity index is 1.45. The minimum absolute atomic E-state index is 0.169. The van der Waals surface area contributed by atoms with E-state index >= 15 is 0 Å². The Hall–Kier alpha value is -2.22. The molecular formula is C23H28N4O2S. The molecule has 30 heavy (non-hydrogen) atoms. The highest BCUT2D eigenvalue weighted by Crippen LogP contribution is 2.35. The van der Waals surface area contributed by atoms with Gasteiger partial charge in [0.25, 0.3) is 5.91 Å². The zero-order valence-electron chi connectivity index (χ0n) is 17.2. The Morgan fingerprint density at radius 1 is 1.20 bits per heavy atom. The minimum atomic E-state index is 0.169. The molecule has 0 spiro atoms. The van der Waals surface area contributed by atoms with Gasteiger partial charge in [-0.25, -0.2) is 4.98 Å². The summed E-state index contributed by atoms with van der Waals surface area (Å²) < 4.78 is 6.66. The number of aromatic amines is 1. The van der Waals surface area contributed by atoms with E-state index in [9.17, 15) is 4.79 Å². The van der Waals surface area contributed by atoms with Crippen LogP contribution in [0.2, 0.25) is 0 Å². The number of rotatable bonds is 5. The molecule has 5 rings (SSSR count). The average Bonchev–Trinajstić information content (AvgIpc) is 3.43. The summed E-state index contributed by atoms with van der Waals surface area (Å²) in [4.78, 5) is 26.5. The SMILES string of the molecule is O=C(c1sc2ccccc2c1C[C@H]1CCCCN1Cc1ncc[nH]1)N1CCOCC1. The number of piperidine rings is 1. The molecule has 0 saturated carbocycles. The largest absolute Gasteiger partial charge is 0.378 e. The molecule has 1 atom stereocenters. The molecule has 2 saturated heterocycles. The average molecular weight is 425 g/mol. The van der Waals surface area contributed by atoms with Gasteiger partial charge in [0.15, 0.2) is 0 Å². The van der Waals surface area contributed by atoms with Gasteiger partial charge in [-0.05, 0) is 42.8 Å². The summed E-state index contributed by atoms with van der Waals surface area (Å²) >= 11 is 1.65. The number of carbonyl (C=O) groups excluding carboxylic acids is 1. The van der Waals surface area contributed by atoms with E-state index in [4.69, 9.17) is 4.74 Å². The molecular weight excluding hydrogens is 396 g/mol. The number of hydrogen-bond acceptors (Lipinski definition) is 5. The second-order valence-corrected chi connectivity index (χ2v) is 9.22. The van der Waals surface area contributed by atoms with Crippen LogP contribution in [0.15, 0.2) is 36.7 Å². The third kappa shape index (κ3) is 4.02. The number of morpholine rings is 1. The lowest BCUT2D eigenvalue weighted by atomic mass is 9.94. The van der Waals surface area contributed by atoms with Crippen LogP contribution in [-0.4, -0.2) is 64.6 Å². The second-order valence-electron chi connectivity index (χ2n) is 8.17. The first-order valence-corrected chi connectivity index (χ1v) is 11.7. The van der Waals surface area contributed by atoms with Gasteiger partial charge in [0.2, 0.25) is 0 Å². The molecule has 3 aromatic rings. The highest BCUT2D eigenvalue weighted by atomic mass is 32.1. The first-order chi connectivity index (χ1) is 14.8. The summed E-state index contributed by atoms with van der Waals surface area (Å²) in [6, 6.07) is 8.90. The van der Waals surface area contributed by atoms with Crippen molar-refractivity contribution in [1.29, 1.82) is 0 Å². The molecule has 2 fully saturated rings. The molecule has 0 unspecified atom stereocenters. The molecule has 4 heterocycles. The van der Waals surface area contributed by atoms with E-state index in [2.05, 4.69) is 39.1 Å². The maximum Gasteiger partial charge on any atom is 0.264 e. The number of likely N-dealkylation sites (tertiary alicyclic amines) is 1. The van der Waals surface area contributed by atoms with E-state index in [1.807, 2.05) is 17.3 Å². The number of benzene rings is 1. The van der Waals surface area contributed by atoms with Crippen LogP contribution in [0.4, 0.5) is 0 Å². The standard InChI is InChI=1S/C23H28N4O2S/c28-23(26-11-13-29-14-12-26)22-19(18-6-1-2-7-20(18)30-22)15-17-5-3-4-10-27(17)16-21-24-8-9-25-21/h1-2,6-9,17H,3-5,10-16H2,(H,24,25)/t17-/m1/s1. The van der Waals surface area contributed by atoms with Gasteiger partial charge in [0.05, 0.1) is 24.6 Å². The molecule has 6 nitrogen and oxygen atoms in total. The van der Waals surface area contributed by atoms with Crippen molar-refractivity contribution in [2.24, 2.45) is 0 Å². The minimum Gasteiger partial charge on any atom is -0.378 e. The third-order valence-electron chi connectivity index (χ3n) is 6.29. The predicted molar refractivity (Wildman–Crippen MR) is 119 cm³/mol. The summed E-state index contributed by atoms with van der Waals surface area (Å²) in [6.45, 7) is 4.55. The van der Waals surface area contributed by atoms with Gasteiger partial charge in [-0.1, -0.05) is 24.6 Å². The van der Waals surface area contributed by atoms with Crippen LogP contribution in [-0.2, 0) is 17.7 Å². The fourth-order valence-electron chi connectivity index (χ4n) is 4.70. The molecule has 158 valence electrons. The summed E-state index contributed by atoms with van der Waals surface area (Å²) in [7, 11) is 0. The number of hydrogen-bond donors (Lipinski definition) is 1. The first kappa shape index (κ1) is 19.7. The van der Waals surface area contributed by atoms with Crippen LogP contribution >= 0.6 is 11.3 Å². The van der Waals surface area contributed by atoms with E-state index in [1.165, 1.54) is 28.5 Å². The van der Waals surface area contributed by atoms with Crippen molar-refractivity contribution in [2.75, 3.05) is 32.8 Å². The Labute approximate surface area is 180 Å². The lowest BCUT2D eigenvalue weighted by molar-refractivity contribution is 0.0305. The van der Waals surface area contributed by atoms with Gasteiger partial charge in [-0.2, -0.15) is 0 Å². The van der Waals surface area contributed by atoms with Crippen molar-refractivity contribution in [1.82, 2.24) is 19.8 Å². The molecule has 7 heteroatoms. The molecule has 2 aliphatic heterocycles. The first-order valence-electron chi connectivity index (χ1n) is 10.9. The summed E-state index contributed by atoms with van der Waals surface area (Å²) in [5, 5.41) is 1.24. The maximum atomic E-state index is 13.4. The van der Waals surface area contributed by atoms with Crippen molar-refractivity contribution < 1.29 is 9.53 Å². The van der Waals surface area contributed by atoms with Crippen molar-refractivity contribution in [3.05, 3.63) is 52.9 Å². The van der Waals surface area contributed by atoms with Crippen LogP contribution in [0, 0.1) is 0 Å². The van der Waals surface area contributed by atoms with Crippen LogP contribution in [0.5, 0.6) is 0 Å². The molecule has 1 N–H and O–H groups in total. The Bertz CT molecular complexity index is 994. The number of imidazole rings is 1. The number of fused-ring (bicyclic) bond motifs is 1. The molecule has 0 radical (unpaired) electrons. The number of ether oxygens (including phenoxy) is 1. The van der Waals surface area contributed by atoms with Crippen molar-refractivity contribution in [3.8, 4) is 0 Å². The number of carbonyl (C=O) groups is 1. The van der Waals surface area contributed by atoms with Gasteiger partial charge < -0.3 is 14.6 Å². The zero-order chi connectivity index (χ0) is 20.3. The number of H-pyrrole nitrogens is 1. The Kier molecular flexibility index (Phi) is 5.84. The fraction of sp³-hybridized carbons (Fsp3) is 0.478. The van der Waals surface area contributed by atoms with E-state index in [0.717, 1.165) is 36.6 Å². The van der Waals surface area contributed by atoms with Crippen molar-refractivity contribution >= 4 is 27.3 Å². The number of nitrogens with one attached hydrogen (secondary N) is 1. The fourth-order valence-corrected chi connectivity index (χ4v) is 5.90. The van der Waals surface area contributed by atoms with Gasteiger partial charge in [-0.15, -0.1) is 11.3 Å². The maximum absolute atomic E-state index is 13.4. The molecule has 1 amide bonds. The lowest BCUT2D eigenvalue weighted by Crippen LogP contribution is -2.42. The van der Waals surface area contributed by atoms with E-state index < -0.39 is 0 Å². The molecule has 2 aromatic heterocycles. The highest BCUT2D eigenvalue weighted by molar-refractivity contribution is 7.21. The Morgan fingerprint density at radius 3 is 2.90 bits per heavy atom. The lowest BCUT2D eigenvalue weighted by Gasteiger charge is -2.35. The summed E-state index contributed by atoms with van der Waals surface area (Å²) in [5.74, 6) is 1.18. The molecule has 0 aliphatic carbocycles. The normalized spacial score (nSPS) is 20.7. The van der Waals surface area contributed by atoms with Gasteiger partial charge in [-0.3, -0.25) is 9.69 Å². The molecule has 1 aromatic carbocycles. The number of aromatic nitrogens is 2. The summed E-state index contributed by atoms with van der Waals surface area (Å²) in [5.41, 5.74) is 1.23. The van der Waals surface area contributed by atoms with Gasteiger partial charge in [0, 0.05) is 36.2 Å². The smallest absolute Gasteiger partial charge is 0.264 e. The van der Waals surface area contributed by atoms with E-state index in [0.29, 0.717) is 32.3 Å². The highest BCUT2D eigenvalue weighted by Gasteiger charge is 2.29. The van der Waals surface area contributed by atoms with Gasteiger partial charge in [0.1, 0.15) is 5.82 Å². The number of nitrogens with zero attached hydrogens (tertiary/aromatic N) is 3. The van der Waals surface area contributed by atoms with Crippen LogP contribution in [0.25, 0.3) is 10.1 Å². The third-order valence-corrected chi connectivity index (χ3v) is 7.49.